The van der Waals surface area contributed by atoms with Crippen molar-refractivity contribution in [1.82, 2.24) is 0 Å². The van der Waals surface area contributed by atoms with Crippen LogP contribution in [0.1, 0.15) is 18.1 Å². The highest BCUT2D eigenvalue weighted by Crippen LogP contribution is 2.31. The Morgan fingerprint density at radius 1 is 1.29 bits per heavy atom. The first-order chi connectivity index (χ1) is 6.30. The molecule has 0 atom stereocenters. The van der Waals surface area contributed by atoms with Crippen molar-refractivity contribution in [3.05, 3.63) is 29.3 Å². The third-order valence-electron chi connectivity index (χ3n) is 1.72. The molecular weight excluding hydrogens is 193 g/mol. The predicted octanol–water partition coefficient (Wildman–Crippen LogP) is 2.68. The first kappa shape index (κ1) is 10.6. The van der Waals surface area contributed by atoms with Crippen molar-refractivity contribution in [2.24, 2.45) is 0 Å². The van der Waals surface area contributed by atoms with E-state index in [-0.39, 0.29) is 17.0 Å². The molecule has 0 aliphatic heterocycles. The maximum absolute atomic E-state index is 12.3. The quantitative estimate of drug-likeness (QED) is 0.533. The van der Waals surface area contributed by atoms with Crippen LogP contribution in [0.2, 0.25) is 0 Å². The van der Waals surface area contributed by atoms with Crippen LogP contribution in [-0.2, 0) is 6.18 Å². The number of benzene rings is 1. The normalized spacial score (nSPS) is 11.4. The molecule has 0 saturated heterocycles. The van der Waals surface area contributed by atoms with Gasteiger partial charge in [-0.3, -0.25) is 0 Å². The summed E-state index contributed by atoms with van der Waals surface area (Å²) in [5.41, 5.74) is 4.74. The number of halogens is 3. The first-order valence-electron chi connectivity index (χ1n) is 3.84. The van der Waals surface area contributed by atoms with Gasteiger partial charge in [0.05, 0.1) is 5.56 Å². The molecule has 1 aromatic rings. The zero-order valence-corrected chi connectivity index (χ0v) is 7.44. The fraction of sp³-hybridized carbons (Fsp3) is 0.222. The van der Waals surface area contributed by atoms with Crippen LogP contribution in [0.5, 0.6) is 0 Å². The van der Waals surface area contributed by atoms with Crippen LogP contribution in [0, 0.1) is 5.41 Å². The van der Waals surface area contributed by atoms with Crippen molar-refractivity contribution < 1.29 is 13.2 Å². The largest absolute Gasteiger partial charge is 0.416 e. The van der Waals surface area contributed by atoms with Crippen molar-refractivity contribution in [3.8, 4) is 0 Å². The Hall–Kier alpha value is -1.52. The second kappa shape index (κ2) is 3.32. The zero-order valence-electron chi connectivity index (χ0n) is 7.44. The van der Waals surface area contributed by atoms with Crippen LogP contribution in [0.4, 0.5) is 18.9 Å². The number of nitrogens with two attached hydrogens (primary N) is 1. The lowest BCUT2D eigenvalue weighted by Gasteiger charge is -2.09. The van der Waals surface area contributed by atoms with E-state index in [2.05, 4.69) is 0 Å². The fourth-order valence-corrected chi connectivity index (χ4v) is 1.03. The highest BCUT2D eigenvalue weighted by molar-refractivity contribution is 5.97. The number of hydrogen-bond donors (Lipinski definition) is 2. The van der Waals surface area contributed by atoms with Crippen molar-refractivity contribution in [2.75, 3.05) is 5.73 Å². The van der Waals surface area contributed by atoms with E-state index >= 15 is 0 Å². The summed E-state index contributed by atoms with van der Waals surface area (Å²) in [5, 5.41) is 7.21. The molecule has 0 radical (unpaired) electrons. The molecule has 14 heavy (non-hydrogen) atoms. The number of anilines is 1. The Bertz CT molecular complexity index is 369. The van der Waals surface area contributed by atoms with Crippen molar-refractivity contribution >= 4 is 11.4 Å². The van der Waals surface area contributed by atoms with Crippen molar-refractivity contribution in [3.63, 3.8) is 0 Å². The Morgan fingerprint density at radius 2 is 1.86 bits per heavy atom. The minimum absolute atomic E-state index is 0.0152. The van der Waals surface area contributed by atoms with Crippen LogP contribution in [-0.4, -0.2) is 5.71 Å². The molecule has 0 amide bonds. The summed E-state index contributed by atoms with van der Waals surface area (Å²) in [5.74, 6) is 0. The molecule has 0 heterocycles. The summed E-state index contributed by atoms with van der Waals surface area (Å²) in [6, 6.07) is 3.11. The molecule has 1 aromatic carbocycles. The van der Waals surface area contributed by atoms with E-state index in [9.17, 15) is 13.2 Å². The number of alkyl halides is 3. The lowest BCUT2D eigenvalue weighted by atomic mass is 10.1. The molecule has 1 rings (SSSR count). The standard InChI is InChI=1S/C9H9F3N2/c1-5(13)6-2-7(9(10,11)12)4-8(14)3-6/h2-4,13H,14H2,1H3. The van der Waals surface area contributed by atoms with Gasteiger partial charge in [-0.15, -0.1) is 0 Å². The molecule has 0 bridgehead atoms. The van der Waals surface area contributed by atoms with Crippen molar-refractivity contribution in [2.45, 2.75) is 13.1 Å². The van der Waals surface area contributed by atoms with E-state index in [0.29, 0.717) is 0 Å². The summed E-state index contributed by atoms with van der Waals surface area (Å²) in [6.45, 7) is 1.41. The first-order valence-corrected chi connectivity index (χ1v) is 3.84. The van der Waals surface area contributed by atoms with Crippen LogP contribution in [0.15, 0.2) is 18.2 Å². The molecule has 5 heteroatoms. The van der Waals surface area contributed by atoms with E-state index in [0.717, 1.165) is 12.1 Å². The van der Waals surface area contributed by atoms with Gasteiger partial charge >= 0.3 is 6.18 Å². The molecule has 0 saturated carbocycles. The van der Waals surface area contributed by atoms with Crippen LogP contribution in [0.3, 0.4) is 0 Å². The number of rotatable bonds is 1. The third kappa shape index (κ3) is 2.25. The topological polar surface area (TPSA) is 49.9 Å². The second-order valence-electron chi connectivity index (χ2n) is 2.97. The van der Waals surface area contributed by atoms with E-state index in [4.69, 9.17) is 11.1 Å². The summed E-state index contributed by atoms with van der Waals surface area (Å²) >= 11 is 0. The number of nitrogen functional groups attached to an aromatic ring is 1. The maximum Gasteiger partial charge on any atom is 0.416 e. The van der Waals surface area contributed by atoms with Gasteiger partial charge in [-0.2, -0.15) is 13.2 Å². The molecule has 2 nitrogen and oxygen atoms in total. The summed E-state index contributed by atoms with van der Waals surface area (Å²) < 4.78 is 36.9. The average Bonchev–Trinajstić information content (AvgIpc) is 2.01. The summed E-state index contributed by atoms with van der Waals surface area (Å²) in [7, 11) is 0. The zero-order chi connectivity index (χ0) is 10.9. The molecule has 0 aliphatic rings. The Balaban J connectivity index is 3.28. The van der Waals surface area contributed by atoms with Gasteiger partial charge in [-0.05, 0) is 30.7 Å². The monoisotopic (exact) mass is 202 g/mol. The van der Waals surface area contributed by atoms with Crippen molar-refractivity contribution in [1.29, 1.82) is 5.41 Å². The average molecular weight is 202 g/mol. The molecule has 0 aliphatic carbocycles. The van der Waals surface area contributed by atoms with Crippen LogP contribution < -0.4 is 5.73 Å². The van der Waals surface area contributed by atoms with E-state index < -0.39 is 11.7 Å². The van der Waals surface area contributed by atoms with Gasteiger partial charge in [0.2, 0.25) is 0 Å². The fourth-order valence-electron chi connectivity index (χ4n) is 1.03. The lowest BCUT2D eigenvalue weighted by molar-refractivity contribution is -0.137. The predicted molar refractivity (Wildman–Crippen MR) is 48.4 cm³/mol. The maximum atomic E-state index is 12.3. The minimum Gasteiger partial charge on any atom is -0.399 e. The minimum atomic E-state index is -4.42. The number of hydrogen-bond acceptors (Lipinski definition) is 2. The molecule has 0 spiro atoms. The van der Waals surface area contributed by atoms with Gasteiger partial charge in [0.1, 0.15) is 0 Å². The highest BCUT2D eigenvalue weighted by atomic mass is 19.4. The molecule has 0 fully saturated rings. The van der Waals surface area contributed by atoms with Crippen LogP contribution in [0.25, 0.3) is 0 Å². The smallest absolute Gasteiger partial charge is 0.399 e. The van der Waals surface area contributed by atoms with Gasteiger partial charge in [0, 0.05) is 11.4 Å². The van der Waals surface area contributed by atoms with Gasteiger partial charge in [0.25, 0.3) is 0 Å². The third-order valence-corrected chi connectivity index (χ3v) is 1.72. The molecule has 3 N–H and O–H groups in total. The molecule has 0 aromatic heterocycles. The molecular formula is C9H9F3N2. The van der Waals surface area contributed by atoms with Gasteiger partial charge in [-0.1, -0.05) is 0 Å². The Morgan fingerprint density at radius 3 is 2.29 bits per heavy atom. The van der Waals surface area contributed by atoms with E-state index in [1.54, 1.807) is 0 Å². The lowest BCUT2D eigenvalue weighted by Crippen LogP contribution is -2.07. The number of nitrogens with one attached hydrogen (secondary N) is 1. The summed E-state index contributed by atoms with van der Waals surface area (Å²) in [4.78, 5) is 0. The van der Waals surface area contributed by atoms with Gasteiger partial charge in [-0.25, -0.2) is 0 Å². The second-order valence-corrected chi connectivity index (χ2v) is 2.97. The van der Waals surface area contributed by atoms with E-state index in [1.165, 1.54) is 13.0 Å². The SMILES string of the molecule is CC(=N)c1cc(N)cc(C(F)(F)F)c1. The summed E-state index contributed by atoms with van der Waals surface area (Å²) in [6.07, 6.45) is -4.42. The molecule has 0 unspecified atom stereocenters. The Labute approximate surface area is 79.0 Å². The van der Waals surface area contributed by atoms with Crippen LogP contribution >= 0.6 is 0 Å². The van der Waals surface area contributed by atoms with Gasteiger partial charge < -0.3 is 11.1 Å². The van der Waals surface area contributed by atoms with E-state index in [1.807, 2.05) is 0 Å². The molecule has 76 valence electrons. The Kier molecular flexibility index (Phi) is 2.51. The van der Waals surface area contributed by atoms with Gasteiger partial charge in [0.15, 0.2) is 0 Å². The highest BCUT2D eigenvalue weighted by Gasteiger charge is 2.31.